The highest BCUT2D eigenvalue weighted by Crippen LogP contribution is 2.39. The summed E-state index contributed by atoms with van der Waals surface area (Å²) in [6.07, 6.45) is 0. The molecule has 130 valence electrons. The summed E-state index contributed by atoms with van der Waals surface area (Å²) < 4.78 is 7.12. The Kier molecular flexibility index (Phi) is 4.87. The summed E-state index contributed by atoms with van der Waals surface area (Å²) >= 11 is 0. The van der Waals surface area contributed by atoms with E-state index in [2.05, 4.69) is 0 Å². The molecule has 0 aliphatic rings. The van der Waals surface area contributed by atoms with E-state index in [0.717, 1.165) is 0 Å². The van der Waals surface area contributed by atoms with Crippen molar-refractivity contribution in [1.82, 2.24) is 4.57 Å². The fraction of sp³-hybridized carbons (Fsp3) is 0.444. The molecule has 0 fully saturated rings. The predicted octanol–water partition coefficient (Wildman–Crippen LogP) is 3.60. The SMILES string of the molecule is CCOC(=O)c1c(C)n(C(C)C)c2ccc(O)c(C(C)C(=O)O)c12. The Labute approximate surface area is 140 Å². The van der Waals surface area contributed by atoms with Crippen LogP contribution in [0.25, 0.3) is 10.9 Å². The van der Waals surface area contributed by atoms with Gasteiger partial charge in [-0.05, 0) is 46.8 Å². The number of hydrogen-bond donors (Lipinski definition) is 2. The van der Waals surface area contributed by atoms with Gasteiger partial charge in [0.05, 0.1) is 18.1 Å². The third-order valence-corrected chi connectivity index (χ3v) is 4.23. The third-order valence-electron chi connectivity index (χ3n) is 4.23. The maximum Gasteiger partial charge on any atom is 0.340 e. The van der Waals surface area contributed by atoms with Crippen LogP contribution >= 0.6 is 0 Å². The quantitative estimate of drug-likeness (QED) is 0.816. The highest BCUT2D eigenvalue weighted by Gasteiger charge is 2.29. The Morgan fingerprint density at radius 2 is 1.88 bits per heavy atom. The predicted molar refractivity (Wildman–Crippen MR) is 90.7 cm³/mol. The first-order chi connectivity index (χ1) is 11.2. The van der Waals surface area contributed by atoms with Crippen molar-refractivity contribution in [2.24, 2.45) is 0 Å². The number of fused-ring (bicyclic) bond motifs is 1. The van der Waals surface area contributed by atoms with Crippen molar-refractivity contribution in [2.45, 2.75) is 46.6 Å². The minimum absolute atomic E-state index is 0.0632. The number of carboxylic acid groups (broad SMARTS) is 1. The number of carbonyl (C=O) groups is 2. The standard InChI is InChI=1S/C18H23NO5/c1-6-24-18(23)15-11(5)19(9(2)3)12-7-8-13(20)14(16(12)15)10(4)17(21)22/h7-10,20H,6H2,1-5H3,(H,21,22). The number of carboxylic acids is 1. The number of aromatic nitrogens is 1. The zero-order chi connectivity index (χ0) is 18.2. The van der Waals surface area contributed by atoms with Crippen LogP contribution in [0.5, 0.6) is 5.75 Å². The molecule has 1 aromatic heterocycles. The summed E-state index contributed by atoms with van der Waals surface area (Å²) in [5, 5.41) is 20.1. The van der Waals surface area contributed by atoms with E-state index in [1.807, 2.05) is 18.4 Å². The number of phenolic OH excluding ortho intramolecular Hbond substituents is 1. The van der Waals surface area contributed by atoms with Gasteiger partial charge in [0.15, 0.2) is 0 Å². The van der Waals surface area contributed by atoms with Crippen LogP contribution in [0.4, 0.5) is 0 Å². The fourth-order valence-corrected chi connectivity index (χ4v) is 3.22. The lowest BCUT2D eigenvalue weighted by atomic mass is 9.94. The van der Waals surface area contributed by atoms with Crippen molar-refractivity contribution in [3.63, 3.8) is 0 Å². The number of nitrogens with zero attached hydrogens (tertiary/aromatic N) is 1. The summed E-state index contributed by atoms with van der Waals surface area (Å²) in [5.41, 5.74) is 1.97. The molecule has 6 nitrogen and oxygen atoms in total. The minimum Gasteiger partial charge on any atom is -0.508 e. The second kappa shape index (κ2) is 6.55. The number of ether oxygens (including phenoxy) is 1. The lowest BCUT2D eigenvalue weighted by Gasteiger charge is -2.14. The van der Waals surface area contributed by atoms with E-state index in [-0.39, 0.29) is 24.0 Å². The van der Waals surface area contributed by atoms with Gasteiger partial charge in [-0.3, -0.25) is 4.79 Å². The van der Waals surface area contributed by atoms with Gasteiger partial charge >= 0.3 is 11.9 Å². The first-order valence-electron chi connectivity index (χ1n) is 7.98. The van der Waals surface area contributed by atoms with Crippen molar-refractivity contribution in [2.75, 3.05) is 6.61 Å². The van der Waals surface area contributed by atoms with Crippen LogP contribution in [0.15, 0.2) is 12.1 Å². The highest BCUT2D eigenvalue weighted by molar-refractivity contribution is 6.09. The molecule has 24 heavy (non-hydrogen) atoms. The number of rotatable bonds is 5. The van der Waals surface area contributed by atoms with Crippen LogP contribution in [-0.4, -0.2) is 33.3 Å². The van der Waals surface area contributed by atoms with Crippen LogP contribution in [0.3, 0.4) is 0 Å². The average molecular weight is 333 g/mol. The molecule has 1 aromatic carbocycles. The van der Waals surface area contributed by atoms with Crippen molar-refractivity contribution < 1.29 is 24.5 Å². The Balaban J connectivity index is 2.97. The number of aromatic hydroxyl groups is 1. The molecule has 0 bridgehead atoms. The summed E-state index contributed by atoms with van der Waals surface area (Å²) in [7, 11) is 0. The number of hydrogen-bond acceptors (Lipinski definition) is 4. The molecule has 0 aliphatic carbocycles. The van der Waals surface area contributed by atoms with Crippen molar-refractivity contribution in [3.05, 3.63) is 29.0 Å². The molecule has 2 aromatic rings. The van der Waals surface area contributed by atoms with Gasteiger partial charge in [-0.15, -0.1) is 0 Å². The Morgan fingerprint density at radius 1 is 1.25 bits per heavy atom. The van der Waals surface area contributed by atoms with Gasteiger partial charge in [0, 0.05) is 28.2 Å². The second-order valence-electron chi connectivity index (χ2n) is 6.10. The third kappa shape index (κ3) is 2.72. The smallest absolute Gasteiger partial charge is 0.340 e. The van der Waals surface area contributed by atoms with Crippen molar-refractivity contribution >= 4 is 22.8 Å². The van der Waals surface area contributed by atoms with Crippen LogP contribution in [0, 0.1) is 6.92 Å². The van der Waals surface area contributed by atoms with E-state index in [1.165, 1.54) is 13.0 Å². The van der Waals surface area contributed by atoms with E-state index in [1.54, 1.807) is 19.9 Å². The largest absolute Gasteiger partial charge is 0.508 e. The average Bonchev–Trinajstić information content (AvgIpc) is 2.78. The van der Waals surface area contributed by atoms with Crippen LogP contribution < -0.4 is 0 Å². The second-order valence-corrected chi connectivity index (χ2v) is 6.10. The summed E-state index contributed by atoms with van der Waals surface area (Å²) in [5.74, 6) is -2.67. The Hall–Kier alpha value is -2.50. The van der Waals surface area contributed by atoms with E-state index < -0.39 is 17.9 Å². The van der Waals surface area contributed by atoms with E-state index >= 15 is 0 Å². The van der Waals surface area contributed by atoms with E-state index in [9.17, 15) is 19.8 Å². The molecular weight excluding hydrogens is 310 g/mol. The maximum atomic E-state index is 12.5. The van der Waals surface area contributed by atoms with Crippen molar-refractivity contribution in [3.8, 4) is 5.75 Å². The van der Waals surface area contributed by atoms with E-state index in [4.69, 9.17) is 4.74 Å². The number of esters is 1. The first kappa shape index (κ1) is 17.8. The van der Waals surface area contributed by atoms with Gasteiger partial charge in [-0.1, -0.05) is 0 Å². The Bertz CT molecular complexity index is 804. The zero-order valence-electron chi connectivity index (χ0n) is 14.6. The molecule has 0 saturated heterocycles. The normalized spacial score (nSPS) is 12.6. The highest BCUT2D eigenvalue weighted by atomic mass is 16.5. The summed E-state index contributed by atoms with van der Waals surface area (Å²) in [6, 6.07) is 3.25. The number of carbonyl (C=O) groups excluding carboxylic acids is 1. The molecule has 2 N–H and O–H groups in total. The molecule has 1 heterocycles. The topological polar surface area (TPSA) is 88.8 Å². The summed E-state index contributed by atoms with van der Waals surface area (Å²) in [4.78, 5) is 24.0. The van der Waals surface area contributed by atoms with Crippen LogP contribution in [-0.2, 0) is 9.53 Å². The summed E-state index contributed by atoms with van der Waals surface area (Å²) in [6.45, 7) is 9.19. The fourth-order valence-electron chi connectivity index (χ4n) is 3.22. The number of phenols is 1. The van der Waals surface area contributed by atoms with E-state index in [0.29, 0.717) is 22.2 Å². The maximum absolute atomic E-state index is 12.5. The minimum atomic E-state index is -1.07. The van der Waals surface area contributed by atoms with Gasteiger partial charge in [-0.2, -0.15) is 0 Å². The number of benzene rings is 1. The van der Waals surface area contributed by atoms with Gasteiger partial charge in [0.25, 0.3) is 0 Å². The lowest BCUT2D eigenvalue weighted by molar-refractivity contribution is -0.138. The molecule has 1 unspecified atom stereocenters. The molecule has 1 atom stereocenters. The molecule has 0 amide bonds. The number of aliphatic carboxylic acids is 1. The monoisotopic (exact) mass is 333 g/mol. The molecular formula is C18H23NO5. The Morgan fingerprint density at radius 3 is 2.38 bits per heavy atom. The molecule has 0 aliphatic heterocycles. The van der Waals surface area contributed by atoms with Gasteiger partial charge in [0.2, 0.25) is 0 Å². The first-order valence-corrected chi connectivity index (χ1v) is 7.98. The molecule has 2 rings (SSSR count). The van der Waals surface area contributed by atoms with Crippen LogP contribution in [0.2, 0.25) is 0 Å². The molecule has 0 radical (unpaired) electrons. The molecule has 0 spiro atoms. The van der Waals surface area contributed by atoms with Crippen LogP contribution in [0.1, 0.15) is 61.3 Å². The van der Waals surface area contributed by atoms with Gasteiger partial charge in [0.1, 0.15) is 5.75 Å². The van der Waals surface area contributed by atoms with Gasteiger partial charge in [-0.25, -0.2) is 4.79 Å². The lowest BCUT2D eigenvalue weighted by Crippen LogP contribution is -2.11. The molecule has 6 heteroatoms. The van der Waals surface area contributed by atoms with Crippen molar-refractivity contribution in [1.29, 1.82) is 0 Å². The zero-order valence-corrected chi connectivity index (χ0v) is 14.6. The molecule has 0 saturated carbocycles. The van der Waals surface area contributed by atoms with Gasteiger partial charge < -0.3 is 19.5 Å².